The van der Waals surface area contributed by atoms with Crippen molar-refractivity contribution in [2.24, 2.45) is 0 Å². The molecular weight excluding hydrogens is 291 g/mol. The van der Waals surface area contributed by atoms with Crippen LogP contribution < -0.4 is 10.6 Å². The average Bonchev–Trinajstić information content (AvgIpc) is 3.22. The molecule has 0 unspecified atom stereocenters. The minimum absolute atomic E-state index is 0. The molecule has 1 aromatic rings. The summed E-state index contributed by atoms with van der Waals surface area (Å²) in [4.78, 5) is 12.1. The van der Waals surface area contributed by atoms with Crippen LogP contribution >= 0.6 is 12.4 Å². The zero-order valence-corrected chi connectivity index (χ0v) is 13.1. The normalized spacial score (nSPS) is 19.0. The van der Waals surface area contributed by atoms with Gasteiger partial charge in [0.05, 0.1) is 5.56 Å². The number of halogens is 2. The van der Waals surface area contributed by atoms with Gasteiger partial charge < -0.3 is 10.6 Å². The molecule has 3 nitrogen and oxygen atoms in total. The molecule has 0 aromatic heterocycles. The van der Waals surface area contributed by atoms with Crippen LogP contribution in [0.4, 0.5) is 4.39 Å². The van der Waals surface area contributed by atoms with Crippen molar-refractivity contribution < 1.29 is 9.18 Å². The number of rotatable bonds is 3. The highest BCUT2D eigenvalue weighted by Gasteiger charge is 2.26. The summed E-state index contributed by atoms with van der Waals surface area (Å²) < 4.78 is 14.3. The molecule has 5 heteroatoms. The summed E-state index contributed by atoms with van der Waals surface area (Å²) in [5.74, 6) is -0.235. The highest BCUT2D eigenvalue weighted by molar-refractivity contribution is 5.96. The lowest BCUT2D eigenvalue weighted by molar-refractivity contribution is 0.0946. The van der Waals surface area contributed by atoms with E-state index in [1.54, 1.807) is 6.07 Å². The summed E-state index contributed by atoms with van der Waals surface area (Å²) in [5.41, 5.74) is 2.00. The maximum Gasteiger partial charge on any atom is 0.254 e. The van der Waals surface area contributed by atoms with Crippen molar-refractivity contribution in [2.45, 2.75) is 44.6 Å². The standard InChI is InChI=1S/C16H21FN2O.ClH/c1-10-8-12(11-4-6-18-7-5-11)9-14(17)15(10)16(20)19-13-2-3-13;/h8-9,11,13,18H,2-7H2,1H3,(H,19,20);1H. The zero-order chi connectivity index (χ0) is 14.1. The minimum Gasteiger partial charge on any atom is -0.349 e. The molecule has 116 valence electrons. The van der Waals surface area contributed by atoms with E-state index in [-0.39, 0.29) is 35.7 Å². The van der Waals surface area contributed by atoms with Crippen molar-refractivity contribution in [3.63, 3.8) is 0 Å². The monoisotopic (exact) mass is 312 g/mol. The van der Waals surface area contributed by atoms with E-state index in [0.29, 0.717) is 5.92 Å². The van der Waals surface area contributed by atoms with Gasteiger partial charge in [0.15, 0.2) is 0 Å². The number of hydrogen-bond donors (Lipinski definition) is 2. The van der Waals surface area contributed by atoms with Gasteiger partial charge in [0.1, 0.15) is 5.82 Å². The lowest BCUT2D eigenvalue weighted by Gasteiger charge is -2.24. The first-order valence-electron chi connectivity index (χ1n) is 7.47. The SMILES string of the molecule is Cc1cc(C2CCNCC2)cc(F)c1C(=O)NC1CC1.Cl. The van der Waals surface area contributed by atoms with E-state index in [0.717, 1.165) is 49.9 Å². The predicted octanol–water partition coefficient (Wildman–Crippen LogP) is 2.92. The largest absolute Gasteiger partial charge is 0.349 e. The summed E-state index contributed by atoms with van der Waals surface area (Å²) >= 11 is 0. The predicted molar refractivity (Wildman–Crippen MR) is 83.7 cm³/mol. The number of piperidine rings is 1. The number of carbonyl (C=O) groups is 1. The molecule has 1 amide bonds. The highest BCUT2D eigenvalue weighted by Crippen LogP contribution is 2.29. The van der Waals surface area contributed by atoms with Crippen LogP contribution in [0.5, 0.6) is 0 Å². The third-order valence-corrected chi connectivity index (χ3v) is 4.26. The van der Waals surface area contributed by atoms with Gasteiger partial charge in [0.2, 0.25) is 0 Å². The van der Waals surface area contributed by atoms with Crippen molar-refractivity contribution in [1.82, 2.24) is 10.6 Å². The molecule has 0 bridgehead atoms. The summed E-state index contributed by atoms with van der Waals surface area (Å²) in [6, 6.07) is 3.80. The van der Waals surface area contributed by atoms with Crippen LogP contribution in [-0.2, 0) is 0 Å². The molecule has 21 heavy (non-hydrogen) atoms. The van der Waals surface area contributed by atoms with E-state index < -0.39 is 0 Å². The maximum absolute atomic E-state index is 14.3. The van der Waals surface area contributed by atoms with E-state index in [9.17, 15) is 9.18 Å². The van der Waals surface area contributed by atoms with Crippen LogP contribution in [0.2, 0.25) is 0 Å². The second kappa shape index (κ2) is 6.75. The van der Waals surface area contributed by atoms with Gasteiger partial charge in [-0.05, 0) is 68.8 Å². The minimum atomic E-state index is -0.378. The Bertz CT molecular complexity index is 502. The average molecular weight is 313 g/mol. The molecule has 1 saturated carbocycles. The Morgan fingerprint density at radius 1 is 1.24 bits per heavy atom. The smallest absolute Gasteiger partial charge is 0.254 e. The topological polar surface area (TPSA) is 41.1 Å². The van der Waals surface area contributed by atoms with Gasteiger partial charge in [0, 0.05) is 6.04 Å². The van der Waals surface area contributed by atoms with E-state index in [2.05, 4.69) is 10.6 Å². The zero-order valence-electron chi connectivity index (χ0n) is 12.2. The molecule has 1 aliphatic heterocycles. The van der Waals surface area contributed by atoms with Gasteiger partial charge in [-0.2, -0.15) is 0 Å². The van der Waals surface area contributed by atoms with Gasteiger partial charge in [-0.25, -0.2) is 4.39 Å². The second-order valence-electron chi connectivity index (χ2n) is 5.97. The van der Waals surface area contributed by atoms with Crippen LogP contribution in [0, 0.1) is 12.7 Å². The Kier molecular flexibility index (Phi) is 5.22. The lowest BCUT2D eigenvalue weighted by Crippen LogP contribution is -2.28. The van der Waals surface area contributed by atoms with Crippen LogP contribution in [-0.4, -0.2) is 25.0 Å². The molecule has 2 aliphatic rings. The third-order valence-electron chi connectivity index (χ3n) is 4.26. The van der Waals surface area contributed by atoms with Gasteiger partial charge in [-0.3, -0.25) is 4.79 Å². The Morgan fingerprint density at radius 3 is 2.48 bits per heavy atom. The summed E-state index contributed by atoms with van der Waals surface area (Å²) in [6.45, 7) is 3.79. The van der Waals surface area contributed by atoms with Crippen molar-refractivity contribution in [3.05, 3.63) is 34.6 Å². The first-order valence-corrected chi connectivity index (χ1v) is 7.47. The number of benzene rings is 1. The number of nitrogens with one attached hydrogen (secondary N) is 2. The first kappa shape index (κ1) is 16.2. The highest BCUT2D eigenvalue weighted by atomic mass is 35.5. The molecule has 1 heterocycles. The lowest BCUT2D eigenvalue weighted by atomic mass is 9.88. The Morgan fingerprint density at radius 2 is 1.90 bits per heavy atom. The molecule has 0 spiro atoms. The summed E-state index contributed by atoms with van der Waals surface area (Å²) in [7, 11) is 0. The van der Waals surface area contributed by atoms with Crippen LogP contribution in [0.1, 0.15) is 53.1 Å². The summed E-state index contributed by atoms with van der Waals surface area (Å²) in [6.07, 6.45) is 4.10. The second-order valence-corrected chi connectivity index (χ2v) is 5.97. The molecular formula is C16H22ClFN2O. The number of amides is 1. The Balaban J connectivity index is 0.00000161. The van der Waals surface area contributed by atoms with Crippen molar-refractivity contribution in [3.8, 4) is 0 Å². The molecule has 2 fully saturated rings. The fourth-order valence-corrected chi connectivity index (χ4v) is 2.93. The fourth-order valence-electron chi connectivity index (χ4n) is 2.93. The number of carbonyl (C=O) groups excluding carboxylic acids is 1. The molecule has 0 radical (unpaired) electrons. The van der Waals surface area contributed by atoms with Gasteiger partial charge >= 0.3 is 0 Å². The summed E-state index contributed by atoms with van der Waals surface area (Å²) in [5, 5.41) is 6.18. The molecule has 1 saturated heterocycles. The van der Waals surface area contributed by atoms with Crippen LogP contribution in [0.15, 0.2) is 12.1 Å². The van der Waals surface area contributed by atoms with Crippen molar-refractivity contribution in [1.29, 1.82) is 0 Å². The molecule has 1 aliphatic carbocycles. The fraction of sp³-hybridized carbons (Fsp3) is 0.562. The quantitative estimate of drug-likeness (QED) is 0.901. The molecule has 2 N–H and O–H groups in total. The van der Waals surface area contributed by atoms with Gasteiger partial charge in [-0.15, -0.1) is 12.4 Å². The molecule has 1 aromatic carbocycles. The van der Waals surface area contributed by atoms with E-state index >= 15 is 0 Å². The number of hydrogen-bond acceptors (Lipinski definition) is 2. The van der Waals surface area contributed by atoms with Crippen LogP contribution in [0.3, 0.4) is 0 Å². The van der Waals surface area contributed by atoms with Gasteiger partial charge in [-0.1, -0.05) is 6.07 Å². The van der Waals surface area contributed by atoms with E-state index in [1.807, 2.05) is 13.0 Å². The van der Waals surface area contributed by atoms with Crippen LogP contribution in [0.25, 0.3) is 0 Å². The van der Waals surface area contributed by atoms with Crippen molar-refractivity contribution in [2.75, 3.05) is 13.1 Å². The maximum atomic E-state index is 14.3. The third kappa shape index (κ3) is 3.74. The van der Waals surface area contributed by atoms with Gasteiger partial charge in [0.25, 0.3) is 5.91 Å². The number of aryl methyl sites for hydroxylation is 1. The Hall–Kier alpha value is -1.13. The Labute approximate surface area is 131 Å². The van der Waals surface area contributed by atoms with E-state index in [1.165, 1.54) is 0 Å². The van der Waals surface area contributed by atoms with E-state index in [4.69, 9.17) is 0 Å². The van der Waals surface area contributed by atoms with Crippen molar-refractivity contribution >= 4 is 18.3 Å². The first-order chi connectivity index (χ1) is 9.65. The molecule has 0 atom stereocenters. The molecule has 3 rings (SSSR count).